The monoisotopic (exact) mass is 173 g/mol. The molecule has 0 aromatic carbocycles. The van der Waals surface area contributed by atoms with Crippen LogP contribution in [0, 0.1) is 5.92 Å². The lowest BCUT2D eigenvalue weighted by atomic mass is 9.90. The maximum absolute atomic E-state index is 4.92. The fourth-order valence-electron chi connectivity index (χ4n) is 0.875. The summed E-state index contributed by atoms with van der Waals surface area (Å²) in [7, 11) is -0.0424. The molecule has 1 saturated heterocycles. The molecular formula is C7H15NO2Si+. The zero-order valence-electron chi connectivity index (χ0n) is 7.26. The van der Waals surface area contributed by atoms with Gasteiger partial charge >= 0.3 is 9.92 Å². The highest BCUT2D eigenvalue weighted by molar-refractivity contribution is 6.15. The smallest absolute Gasteiger partial charge is 0.184 e. The SMILES string of the molecule is C=CC(C)C(C)(C)[NH+]1OO[SiH]1. The van der Waals surface area contributed by atoms with Gasteiger partial charge in [0.2, 0.25) is 0 Å². The van der Waals surface area contributed by atoms with Crippen LogP contribution in [-0.4, -0.2) is 15.5 Å². The predicted molar refractivity (Wildman–Crippen MR) is 43.7 cm³/mol. The van der Waals surface area contributed by atoms with E-state index in [1.165, 1.54) is 0 Å². The Labute approximate surface area is 69.9 Å². The van der Waals surface area contributed by atoms with E-state index < -0.39 is 0 Å². The molecular weight excluding hydrogens is 158 g/mol. The molecule has 1 heterocycles. The number of nitrogens with one attached hydrogen (secondary N) is 1. The van der Waals surface area contributed by atoms with Gasteiger partial charge in [0.1, 0.15) is 5.54 Å². The molecule has 1 aliphatic heterocycles. The Hall–Kier alpha value is -0.163. The topological polar surface area (TPSA) is 22.9 Å². The Bertz CT molecular complexity index is 157. The normalized spacial score (nSPS) is 27.4. The van der Waals surface area contributed by atoms with Gasteiger partial charge in [0.15, 0.2) is 0 Å². The van der Waals surface area contributed by atoms with Gasteiger partial charge in [-0.1, -0.05) is 18.0 Å². The van der Waals surface area contributed by atoms with Gasteiger partial charge in [-0.15, -0.1) is 6.58 Å². The third-order valence-electron chi connectivity index (χ3n) is 2.42. The Morgan fingerprint density at radius 2 is 2.18 bits per heavy atom. The molecule has 0 spiro atoms. The van der Waals surface area contributed by atoms with E-state index in [9.17, 15) is 0 Å². The average molecular weight is 173 g/mol. The minimum absolute atomic E-state index is 0.0424. The van der Waals surface area contributed by atoms with Gasteiger partial charge < -0.3 is 0 Å². The van der Waals surface area contributed by atoms with Crippen LogP contribution in [0.5, 0.6) is 0 Å². The first-order valence-corrected chi connectivity index (χ1v) is 4.80. The molecule has 0 aromatic rings. The molecule has 0 aromatic heterocycles. The zero-order valence-corrected chi connectivity index (χ0v) is 8.41. The van der Waals surface area contributed by atoms with E-state index in [0.717, 1.165) is 4.73 Å². The molecule has 1 rings (SSSR count). The van der Waals surface area contributed by atoms with Crippen molar-refractivity contribution in [1.82, 2.24) is 0 Å². The lowest BCUT2D eigenvalue weighted by molar-refractivity contribution is -1.14. The van der Waals surface area contributed by atoms with Crippen LogP contribution in [0.15, 0.2) is 12.7 Å². The van der Waals surface area contributed by atoms with Gasteiger partial charge in [-0.2, -0.15) is 9.31 Å². The van der Waals surface area contributed by atoms with Crippen molar-refractivity contribution < 1.29 is 14.3 Å². The Kier molecular flexibility index (Phi) is 2.49. The number of rotatable bonds is 3. The van der Waals surface area contributed by atoms with Crippen molar-refractivity contribution in [3.05, 3.63) is 12.7 Å². The highest BCUT2D eigenvalue weighted by Crippen LogP contribution is 2.14. The van der Waals surface area contributed by atoms with Crippen molar-refractivity contribution >= 4 is 9.92 Å². The first kappa shape index (κ1) is 8.93. The third-order valence-corrected chi connectivity index (χ3v) is 3.67. The maximum Gasteiger partial charge on any atom is 0.570 e. The van der Waals surface area contributed by atoms with Crippen molar-refractivity contribution in [2.45, 2.75) is 26.3 Å². The van der Waals surface area contributed by atoms with Crippen LogP contribution in [-0.2, 0) is 9.57 Å². The summed E-state index contributed by atoms with van der Waals surface area (Å²) in [6, 6.07) is 0. The standard InChI is InChI=1S/C7H15NO2Si/c1-5-6(2)7(3,4)8-9-10-11-8/h5-6,8,11H,1H2,2-4H3/q+1. The summed E-state index contributed by atoms with van der Waals surface area (Å²) in [6.07, 6.45) is 1.95. The van der Waals surface area contributed by atoms with Gasteiger partial charge in [0.05, 0.1) is 0 Å². The molecule has 2 atom stereocenters. The molecule has 0 aliphatic carbocycles. The molecule has 1 fully saturated rings. The maximum atomic E-state index is 4.92. The van der Waals surface area contributed by atoms with Crippen molar-refractivity contribution in [3.8, 4) is 0 Å². The van der Waals surface area contributed by atoms with E-state index in [4.69, 9.17) is 9.57 Å². The lowest BCUT2D eigenvalue weighted by Crippen LogP contribution is -3.26. The van der Waals surface area contributed by atoms with Gasteiger partial charge in [-0.25, -0.2) is 0 Å². The predicted octanol–water partition coefficient (Wildman–Crippen LogP) is -0.385. The highest BCUT2D eigenvalue weighted by Gasteiger charge is 2.44. The Morgan fingerprint density at radius 3 is 2.45 bits per heavy atom. The van der Waals surface area contributed by atoms with Crippen molar-refractivity contribution in [3.63, 3.8) is 0 Å². The molecule has 63 valence electrons. The molecule has 2 unspecified atom stereocenters. The molecule has 4 heteroatoms. The number of hydrogen-bond donors (Lipinski definition) is 1. The average Bonchev–Trinajstić information content (AvgIpc) is 1.81. The minimum Gasteiger partial charge on any atom is -0.184 e. The van der Waals surface area contributed by atoms with Gasteiger partial charge in [-0.05, 0) is 13.8 Å². The molecule has 1 aliphatic rings. The second-order valence-electron chi connectivity index (χ2n) is 3.41. The van der Waals surface area contributed by atoms with E-state index in [1.807, 2.05) is 6.08 Å². The van der Waals surface area contributed by atoms with Gasteiger partial charge in [0, 0.05) is 5.92 Å². The molecule has 1 N–H and O–H groups in total. The molecule has 0 amide bonds. The van der Waals surface area contributed by atoms with Crippen LogP contribution in [0.4, 0.5) is 0 Å². The van der Waals surface area contributed by atoms with E-state index in [0.29, 0.717) is 5.92 Å². The van der Waals surface area contributed by atoms with Crippen molar-refractivity contribution in [1.29, 1.82) is 0 Å². The van der Waals surface area contributed by atoms with Crippen LogP contribution in [0.3, 0.4) is 0 Å². The molecule has 11 heavy (non-hydrogen) atoms. The summed E-state index contributed by atoms with van der Waals surface area (Å²) in [6.45, 7) is 10.2. The fraction of sp³-hybridized carbons (Fsp3) is 0.714. The van der Waals surface area contributed by atoms with Crippen LogP contribution < -0.4 is 4.73 Å². The summed E-state index contributed by atoms with van der Waals surface area (Å²) in [5.41, 5.74) is 0.0926. The minimum atomic E-state index is -0.0424. The van der Waals surface area contributed by atoms with Gasteiger partial charge in [0.25, 0.3) is 0 Å². The third kappa shape index (κ3) is 1.54. The van der Waals surface area contributed by atoms with E-state index in [-0.39, 0.29) is 15.5 Å². The number of quaternary nitrogens is 1. The summed E-state index contributed by atoms with van der Waals surface area (Å²) in [5, 5.41) is 0. The highest BCUT2D eigenvalue weighted by atomic mass is 28.2. The van der Waals surface area contributed by atoms with E-state index in [1.54, 1.807) is 0 Å². The summed E-state index contributed by atoms with van der Waals surface area (Å²) in [4.78, 5) is 4.92. The van der Waals surface area contributed by atoms with E-state index in [2.05, 4.69) is 27.4 Å². The number of hydrogen-bond acceptors (Lipinski definition) is 2. The van der Waals surface area contributed by atoms with Crippen LogP contribution >= 0.6 is 0 Å². The Balaban J connectivity index is 2.55. The van der Waals surface area contributed by atoms with Crippen molar-refractivity contribution in [2.24, 2.45) is 5.92 Å². The summed E-state index contributed by atoms with van der Waals surface area (Å²) < 4.78 is 5.83. The molecule has 0 saturated carbocycles. The second kappa shape index (κ2) is 3.06. The number of hydroxylamine groups is 1. The second-order valence-corrected chi connectivity index (χ2v) is 4.36. The molecule has 3 nitrogen and oxygen atoms in total. The van der Waals surface area contributed by atoms with Crippen LogP contribution in [0.1, 0.15) is 20.8 Å². The van der Waals surface area contributed by atoms with Crippen LogP contribution in [0.25, 0.3) is 0 Å². The first-order valence-electron chi connectivity index (χ1n) is 3.75. The zero-order chi connectivity index (χ0) is 8.48. The summed E-state index contributed by atoms with van der Waals surface area (Å²) in [5.74, 6) is 0.439. The van der Waals surface area contributed by atoms with E-state index >= 15 is 0 Å². The quantitative estimate of drug-likeness (QED) is 0.357. The van der Waals surface area contributed by atoms with Crippen molar-refractivity contribution in [2.75, 3.05) is 0 Å². The fourth-order valence-corrected chi connectivity index (χ4v) is 1.63. The van der Waals surface area contributed by atoms with Crippen LogP contribution in [0.2, 0.25) is 0 Å². The first-order chi connectivity index (χ1) is 5.09. The Morgan fingerprint density at radius 1 is 1.64 bits per heavy atom. The lowest BCUT2D eigenvalue weighted by Gasteiger charge is -2.38. The summed E-state index contributed by atoms with van der Waals surface area (Å²) >= 11 is 0. The molecule has 1 radical (unpaired) electrons. The van der Waals surface area contributed by atoms with Gasteiger partial charge in [-0.3, -0.25) is 0 Å². The molecule has 0 bridgehead atoms. The largest absolute Gasteiger partial charge is 0.570 e.